The van der Waals surface area contributed by atoms with Gasteiger partial charge < -0.3 is 20.4 Å². The summed E-state index contributed by atoms with van der Waals surface area (Å²) in [4.78, 5) is 56.6. The fraction of sp³-hybridized carbons (Fsp3) is 0.200. The molecule has 1 heterocycles. The first-order valence-corrected chi connectivity index (χ1v) is 16.9. The van der Waals surface area contributed by atoms with Crippen LogP contribution in [0.25, 0.3) is 10.9 Å². The molecule has 5 rings (SSSR count). The summed E-state index contributed by atoms with van der Waals surface area (Å²) < 4.78 is 5.38. The maximum absolute atomic E-state index is 13.9. The molecule has 266 valence electrons. The van der Waals surface area contributed by atoms with Gasteiger partial charge in [0.2, 0.25) is 11.8 Å². The van der Waals surface area contributed by atoms with Gasteiger partial charge in [0, 0.05) is 29.9 Å². The summed E-state index contributed by atoms with van der Waals surface area (Å²) in [5.74, 6) is -1.72. The molecule has 0 fully saturated rings. The Kier molecular flexibility index (Phi) is 13.0. The Morgan fingerprint density at radius 1 is 0.673 bits per heavy atom. The van der Waals surface area contributed by atoms with Crippen LogP contribution in [-0.4, -0.2) is 52.3 Å². The van der Waals surface area contributed by atoms with Crippen molar-refractivity contribution in [3.8, 4) is 0 Å². The SMILES string of the molecule is CC(=NNC(=O)CC[C@@H](NC(=O)OCc1ccccc1)C(=O)N[C@@H](Cc1c[nH]c2ccccc12)C(=O)NN=C(C)c1ccccc1)c1ccccc1. The third-order valence-electron chi connectivity index (χ3n) is 8.28. The number of aromatic amines is 1. The molecule has 0 saturated carbocycles. The number of carbonyl (C=O) groups excluding carboxylic acids is 4. The summed E-state index contributed by atoms with van der Waals surface area (Å²) >= 11 is 0. The maximum atomic E-state index is 13.9. The number of para-hydroxylation sites is 1. The molecule has 0 saturated heterocycles. The monoisotopic (exact) mass is 699 g/mol. The molecule has 4 aromatic carbocycles. The second-order valence-electron chi connectivity index (χ2n) is 12.1. The number of hydrazone groups is 2. The third-order valence-corrected chi connectivity index (χ3v) is 8.28. The largest absolute Gasteiger partial charge is 0.445 e. The minimum Gasteiger partial charge on any atom is -0.445 e. The van der Waals surface area contributed by atoms with E-state index in [2.05, 4.69) is 36.7 Å². The molecule has 12 nitrogen and oxygen atoms in total. The third kappa shape index (κ3) is 10.7. The Labute approximate surface area is 301 Å². The number of hydrogen-bond acceptors (Lipinski definition) is 7. The summed E-state index contributed by atoms with van der Waals surface area (Å²) in [6.45, 7) is 3.50. The Morgan fingerprint density at radius 2 is 1.25 bits per heavy atom. The number of H-pyrrole nitrogens is 1. The first-order chi connectivity index (χ1) is 25.3. The van der Waals surface area contributed by atoms with Crippen molar-refractivity contribution in [3.63, 3.8) is 0 Å². The van der Waals surface area contributed by atoms with Gasteiger partial charge in [0.05, 0.1) is 11.4 Å². The molecule has 0 aliphatic carbocycles. The van der Waals surface area contributed by atoms with Crippen molar-refractivity contribution in [3.05, 3.63) is 144 Å². The number of nitrogens with zero attached hydrogens (tertiary/aromatic N) is 2. The van der Waals surface area contributed by atoms with E-state index >= 15 is 0 Å². The van der Waals surface area contributed by atoms with Gasteiger partial charge in [0.15, 0.2) is 0 Å². The molecule has 0 bridgehead atoms. The molecule has 12 heteroatoms. The fourth-order valence-electron chi connectivity index (χ4n) is 5.36. The minimum absolute atomic E-state index is 0.0284. The lowest BCUT2D eigenvalue weighted by Crippen LogP contribution is -2.54. The Hall–Kier alpha value is -6.56. The highest BCUT2D eigenvalue weighted by Gasteiger charge is 2.29. The topological polar surface area (TPSA) is 166 Å². The van der Waals surface area contributed by atoms with Gasteiger partial charge in [0.1, 0.15) is 18.7 Å². The van der Waals surface area contributed by atoms with Gasteiger partial charge in [-0.3, -0.25) is 14.4 Å². The minimum atomic E-state index is -1.24. The van der Waals surface area contributed by atoms with E-state index in [0.717, 1.165) is 33.2 Å². The van der Waals surface area contributed by atoms with E-state index in [0.29, 0.717) is 11.4 Å². The van der Waals surface area contributed by atoms with Crippen LogP contribution in [-0.2, 0) is 32.1 Å². The number of rotatable bonds is 15. The Bertz CT molecular complexity index is 2030. The van der Waals surface area contributed by atoms with Crippen molar-refractivity contribution in [2.75, 3.05) is 0 Å². The highest BCUT2D eigenvalue weighted by atomic mass is 16.5. The molecule has 52 heavy (non-hydrogen) atoms. The van der Waals surface area contributed by atoms with Gasteiger partial charge in [0.25, 0.3) is 5.91 Å². The van der Waals surface area contributed by atoms with Gasteiger partial charge in [-0.1, -0.05) is 109 Å². The number of nitrogens with one attached hydrogen (secondary N) is 5. The van der Waals surface area contributed by atoms with E-state index in [-0.39, 0.29) is 25.9 Å². The first kappa shape index (κ1) is 36.7. The van der Waals surface area contributed by atoms with Crippen LogP contribution in [0.2, 0.25) is 0 Å². The molecule has 0 unspecified atom stereocenters. The van der Waals surface area contributed by atoms with E-state index in [1.165, 1.54) is 0 Å². The Morgan fingerprint density at radius 3 is 1.90 bits per heavy atom. The van der Waals surface area contributed by atoms with Crippen LogP contribution < -0.4 is 21.5 Å². The zero-order valence-corrected chi connectivity index (χ0v) is 29.0. The highest BCUT2D eigenvalue weighted by Crippen LogP contribution is 2.19. The van der Waals surface area contributed by atoms with Crippen molar-refractivity contribution in [2.45, 2.75) is 51.8 Å². The summed E-state index contributed by atoms with van der Waals surface area (Å²) in [5.41, 5.74) is 10.3. The number of benzene rings is 4. The van der Waals surface area contributed by atoms with Crippen LogP contribution in [0.1, 0.15) is 48.9 Å². The lowest BCUT2D eigenvalue weighted by atomic mass is 10.0. The molecule has 1 aromatic heterocycles. The Balaban J connectivity index is 1.32. The van der Waals surface area contributed by atoms with E-state index in [9.17, 15) is 19.2 Å². The maximum Gasteiger partial charge on any atom is 0.408 e. The average molecular weight is 700 g/mol. The number of amides is 4. The summed E-state index contributed by atoms with van der Waals surface area (Å²) in [7, 11) is 0. The fourth-order valence-corrected chi connectivity index (χ4v) is 5.36. The van der Waals surface area contributed by atoms with E-state index in [1.807, 2.05) is 103 Å². The number of aromatic nitrogens is 1. The predicted molar refractivity (Wildman–Crippen MR) is 200 cm³/mol. The van der Waals surface area contributed by atoms with Crippen molar-refractivity contribution in [1.29, 1.82) is 0 Å². The normalized spacial score (nSPS) is 12.7. The van der Waals surface area contributed by atoms with Gasteiger partial charge in [-0.05, 0) is 48.6 Å². The van der Waals surface area contributed by atoms with E-state index in [4.69, 9.17) is 4.74 Å². The van der Waals surface area contributed by atoms with Gasteiger partial charge in [-0.25, -0.2) is 15.6 Å². The molecule has 5 N–H and O–H groups in total. The van der Waals surface area contributed by atoms with E-state index < -0.39 is 35.9 Å². The van der Waals surface area contributed by atoms with Crippen molar-refractivity contribution in [1.82, 2.24) is 26.5 Å². The van der Waals surface area contributed by atoms with Crippen LogP contribution in [0.15, 0.2) is 132 Å². The van der Waals surface area contributed by atoms with Gasteiger partial charge >= 0.3 is 6.09 Å². The van der Waals surface area contributed by atoms with Crippen LogP contribution in [0.4, 0.5) is 4.79 Å². The molecular formula is C40H41N7O5. The predicted octanol–water partition coefficient (Wildman–Crippen LogP) is 5.35. The molecule has 0 aliphatic heterocycles. The number of carbonyl (C=O) groups is 4. The lowest BCUT2D eigenvalue weighted by Gasteiger charge is -2.22. The van der Waals surface area contributed by atoms with Crippen LogP contribution in [0, 0.1) is 0 Å². The van der Waals surface area contributed by atoms with Crippen LogP contribution in [0.5, 0.6) is 0 Å². The smallest absolute Gasteiger partial charge is 0.408 e. The molecule has 4 amide bonds. The highest BCUT2D eigenvalue weighted by molar-refractivity contribution is 6.00. The van der Waals surface area contributed by atoms with Crippen molar-refractivity contribution in [2.24, 2.45) is 10.2 Å². The van der Waals surface area contributed by atoms with Gasteiger partial charge in [-0.15, -0.1) is 0 Å². The number of hydrogen-bond donors (Lipinski definition) is 5. The van der Waals surface area contributed by atoms with E-state index in [1.54, 1.807) is 32.2 Å². The number of ether oxygens (including phenoxy) is 1. The zero-order valence-electron chi connectivity index (χ0n) is 29.0. The van der Waals surface area contributed by atoms with Crippen molar-refractivity contribution < 1.29 is 23.9 Å². The average Bonchev–Trinajstić information content (AvgIpc) is 3.59. The molecule has 5 aromatic rings. The number of alkyl carbamates (subject to hydrolysis) is 1. The first-order valence-electron chi connectivity index (χ1n) is 16.9. The molecular weight excluding hydrogens is 658 g/mol. The van der Waals surface area contributed by atoms with Crippen molar-refractivity contribution >= 4 is 46.1 Å². The number of fused-ring (bicyclic) bond motifs is 1. The molecule has 2 atom stereocenters. The van der Waals surface area contributed by atoms with Gasteiger partial charge in [-0.2, -0.15) is 10.2 Å². The lowest BCUT2D eigenvalue weighted by molar-refractivity contribution is -0.130. The second kappa shape index (κ2) is 18.4. The summed E-state index contributed by atoms with van der Waals surface area (Å²) in [6, 6.07) is 33.1. The quantitative estimate of drug-likeness (QED) is 0.0733. The summed E-state index contributed by atoms with van der Waals surface area (Å²) in [6.07, 6.45) is 0.769. The van der Waals surface area contributed by atoms with Crippen LogP contribution in [0.3, 0.4) is 0 Å². The zero-order chi connectivity index (χ0) is 36.7. The molecule has 0 spiro atoms. The standard InChI is InChI=1S/C40H41N7O5/c1-27(30-16-8-4-9-17-30)44-46-37(48)23-22-35(43-40(51)52-26-29-14-6-3-7-15-29)38(49)42-36(24-32-25-41-34-21-13-12-20-33(32)34)39(50)47-45-28(2)31-18-10-5-11-19-31/h3-21,25,35-36,41H,22-24,26H2,1-2H3,(H,42,49)(H,43,51)(H,46,48)(H,47,50)/t35-,36+/m1/s1. The molecule has 0 aliphatic rings. The molecule has 0 radical (unpaired) electrons. The summed E-state index contributed by atoms with van der Waals surface area (Å²) in [5, 5.41) is 14.7. The van der Waals surface area contributed by atoms with Crippen LogP contribution >= 0.6 is 0 Å². The second-order valence-corrected chi connectivity index (χ2v) is 12.1.